The predicted octanol–water partition coefficient (Wildman–Crippen LogP) is 4.32. The van der Waals surface area contributed by atoms with E-state index in [0.29, 0.717) is 16.9 Å². The molecular formula is C23H24N4O2. The molecule has 0 saturated heterocycles. The van der Waals surface area contributed by atoms with Crippen LogP contribution in [0.15, 0.2) is 72.9 Å². The van der Waals surface area contributed by atoms with Gasteiger partial charge in [-0.05, 0) is 48.9 Å². The second-order valence-electron chi connectivity index (χ2n) is 6.62. The first-order chi connectivity index (χ1) is 14.0. The minimum absolute atomic E-state index is 0.137. The number of hydrogen-bond acceptors (Lipinski definition) is 4. The molecule has 0 spiro atoms. The second-order valence-corrected chi connectivity index (χ2v) is 6.62. The van der Waals surface area contributed by atoms with Crippen molar-refractivity contribution in [1.82, 2.24) is 4.98 Å². The predicted molar refractivity (Wildman–Crippen MR) is 116 cm³/mol. The highest BCUT2D eigenvalue weighted by atomic mass is 16.2. The average molecular weight is 388 g/mol. The molecule has 2 N–H and O–H groups in total. The van der Waals surface area contributed by atoms with E-state index in [4.69, 9.17) is 0 Å². The van der Waals surface area contributed by atoms with Gasteiger partial charge in [-0.1, -0.05) is 30.3 Å². The lowest BCUT2D eigenvalue weighted by Crippen LogP contribution is -2.23. The molecule has 0 fully saturated rings. The summed E-state index contributed by atoms with van der Waals surface area (Å²) in [5, 5.41) is 5.57. The van der Waals surface area contributed by atoms with Crippen LogP contribution in [0.2, 0.25) is 0 Å². The molecule has 0 aliphatic rings. The van der Waals surface area contributed by atoms with Gasteiger partial charge in [0.15, 0.2) is 0 Å². The fourth-order valence-electron chi connectivity index (χ4n) is 2.93. The third-order valence-electron chi connectivity index (χ3n) is 4.39. The van der Waals surface area contributed by atoms with Crippen LogP contribution in [0.3, 0.4) is 0 Å². The smallest absolute Gasteiger partial charge is 0.255 e. The third-order valence-corrected chi connectivity index (χ3v) is 4.39. The molecule has 148 valence electrons. The molecule has 3 rings (SSSR count). The van der Waals surface area contributed by atoms with E-state index in [9.17, 15) is 9.59 Å². The summed E-state index contributed by atoms with van der Waals surface area (Å²) in [5.41, 5.74) is 3.05. The summed E-state index contributed by atoms with van der Waals surface area (Å²) in [6.45, 7) is 5.01. The number of pyridine rings is 1. The lowest BCUT2D eigenvalue weighted by molar-refractivity contribution is -0.114. The minimum Gasteiger partial charge on any atom is -0.353 e. The number of rotatable bonds is 7. The van der Waals surface area contributed by atoms with Gasteiger partial charge in [0.1, 0.15) is 5.82 Å². The fourth-order valence-corrected chi connectivity index (χ4v) is 2.93. The van der Waals surface area contributed by atoms with Crippen LogP contribution in [0.5, 0.6) is 0 Å². The van der Waals surface area contributed by atoms with Crippen molar-refractivity contribution in [2.24, 2.45) is 0 Å². The highest BCUT2D eigenvalue weighted by molar-refractivity contribution is 6.04. The zero-order valence-corrected chi connectivity index (χ0v) is 16.6. The maximum absolute atomic E-state index is 12.7. The molecule has 0 atom stereocenters. The van der Waals surface area contributed by atoms with Crippen LogP contribution in [0.25, 0.3) is 0 Å². The summed E-state index contributed by atoms with van der Waals surface area (Å²) < 4.78 is 0. The summed E-state index contributed by atoms with van der Waals surface area (Å²) in [7, 11) is 0. The Kier molecular flexibility index (Phi) is 6.58. The molecule has 3 aromatic rings. The molecule has 6 heteroatoms. The maximum atomic E-state index is 12.7. The Morgan fingerprint density at radius 3 is 2.21 bits per heavy atom. The Morgan fingerprint density at radius 2 is 1.59 bits per heavy atom. The van der Waals surface area contributed by atoms with Gasteiger partial charge in [-0.3, -0.25) is 9.59 Å². The number of aromatic nitrogens is 1. The normalized spacial score (nSPS) is 10.3. The number of hydrogen-bond donors (Lipinski definition) is 2. The standard InChI is InChI=1S/C23H24N4O2/c1-3-27(16-18-7-5-4-6-8-18)22-15-19(13-14-24-22)23(29)26-21-11-9-20(10-12-21)25-17(2)28/h4-15H,3,16H2,1-2H3,(H,25,28)(H,26,29). The van der Waals surface area contributed by atoms with Crippen LogP contribution >= 0.6 is 0 Å². The van der Waals surface area contributed by atoms with Crippen molar-refractivity contribution in [3.8, 4) is 0 Å². The van der Waals surface area contributed by atoms with Gasteiger partial charge in [-0.15, -0.1) is 0 Å². The van der Waals surface area contributed by atoms with Crippen molar-refractivity contribution >= 4 is 29.0 Å². The molecule has 0 saturated carbocycles. The molecule has 2 amide bonds. The second kappa shape index (κ2) is 9.50. The highest BCUT2D eigenvalue weighted by Crippen LogP contribution is 2.18. The molecule has 6 nitrogen and oxygen atoms in total. The van der Waals surface area contributed by atoms with E-state index >= 15 is 0 Å². The lowest BCUT2D eigenvalue weighted by Gasteiger charge is -2.22. The molecule has 1 aromatic heterocycles. The fraction of sp³-hybridized carbons (Fsp3) is 0.174. The molecule has 0 aliphatic heterocycles. The molecular weight excluding hydrogens is 364 g/mol. The van der Waals surface area contributed by atoms with Crippen molar-refractivity contribution in [2.45, 2.75) is 20.4 Å². The lowest BCUT2D eigenvalue weighted by atomic mass is 10.2. The van der Waals surface area contributed by atoms with Crippen molar-refractivity contribution < 1.29 is 9.59 Å². The van der Waals surface area contributed by atoms with Crippen molar-refractivity contribution in [3.05, 3.63) is 84.1 Å². The van der Waals surface area contributed by atoms with Crippen LogP contribution in [-0.4, -0.2) is 23.3 Å². The molecule has 29 heavy (non-hydrogen) atoms. The number of amides is 2. The molecule has 0 aliphatic carbocycles. The zero-order chi connectivity index (χ0) is 20.6. The molecule has 1 heterocycles. The number of nitrogens with zero attached hydrogens (tertiary/aromatic N) is 2. The Morgan fingerprint density at radius 1 is 0.931 bits per heavy atom. The van der Waals surface area contributed by atoms with Crippen molar-refractivity contribution in [3.63, 3.8) is 0 Å². The summed E-state index contributed by atoms with van der Waals surface area (Å²) >= 11 is 0. The topological polar surface area (TPSA) is 74.3 Å². The molecule has 0 bridgehead atoms. The van der Waals surface area contributed by atoms with E-state index in [1.807, 2.05) is 18.2 Å². The summed E-state index contributed by atoms with van der Waals surface area (Å²) in [4.78, 5) is 30.3. The molecule has 0 unspecified atom stereocenters. The van der Waals surface area contributed by atoms with E-state index in [1.54, 1.807) is 42.6 Å². The van der Waals surface area contributed by atoms with Gasteiger partial charge in [-0.2, -0.15) is 0 Å². The zero-order valence-electron chi connectivity index (χ0n) is 16.6. The van der Waals surface area contributed by atoms with E-state index < -0.39 is 0 Å². The van der Waals surface area contributed by atoms with Crippen molar-refractivity contribution in [1.29, 1.82) is 0 Å². The van der Waals surface area contributed by atoms with Crippen LogP contribution < -0.4 is 15.5 Å². The quantitative estimate of drug-likeness (QED) is 0.632. The van der Waals surface area contributed by atoms with Crippen LogP contribution in [0.1, 0.15) is 29.8 Å². The third kappa shape index (κ3) is 5.65. The van der Waals surface area contributed by atoms with Gasteiger partial charge in [0, 0.05) is 43.1 Å². The SMILES string of the molecule is CCN(Cc1ccccc1)c1cc(C(=O)Nc2ccc(NC(C)=O)cc2)ccn1. The van der Waals surface area contributed by atoms with E-state index in [0.717, 1.165) is 18.9 Å². The number of anilines is 3. The van der Waals surface area contributed by atoms with Crippen LogP contribution in [0.4, 0.5) is 17.2 Å². The molecule has 0 radical (unpaired) electrons. The van der Waals surface area contributed by atoms with Crippen molar-refractivity contribution in [2.75, 3.05) is 22.1 Å². The summed E-state index contributed by atoms with van der Waals surface area (Å²) in [6, 6.07) is 20.6. The van der Waals surface area contributed by atoms with Gasteiger partial charge in [0.2, 0.25) is 5.91 Å². The van der Waals surface area contributed by atoms with Gasteiger partial charge in [-0.25, -0.2) is 4.98 Å². The number of carbonyl (C=O) groups excluding carboxylic acids is 2. The Balaban J connectivity index is 1.70. The number of nitrogens with one attached hydrogen (secondary N) is 2. The Bertz CT molecular complexity index is 972. The van der Waals surface area contributed by atoms with Gasteiger partial charge in [0.05, 0.1) is 0 Å². The van der Waals surface area contributed by atoms with Crippen LogP contribution in [-0.2, 0) is 11.3 Å². The van der Waals surface area contributed by atoms with Gasteiger partial charge < -0.3 is 15.5 Å². The maximum Gasteiger partial charge on any atom is 0.255 e. The van der Waals surface area contributed by atoms with E-state index in [2.05, 4.69) is 39.6 Å². The largest absolute Gasteiger partial charge is 0.353 e. The molecule has 2 aromatic carbocycles. The van der Waals surface area contributed by atoms with E-state index in [1.165, 1.54) is 12.5 Å². The monoisotopic (exact) mass is 388 g/mol. The Labute approximate surface area is 170 Å². The van der Waals surface area contributed by atoms with Gasteiger partial charge >= 0.3 is 0 Å². The highest BCUT2D eigenvalue weighted by Gasteiger charge is 2.12. The summed E-state index contributed by atoms with van der Waals surface area (Å²) in [6.07, 6.45) is 1.65. The first kappa shape index (κ1) is 20.1. The number of carbonyl (C=O) groups is 2. The minimum atomic E-state index is -0.211. The van der Waals surface area contributed by atoms with Gasteiger partial charge in [0.25, 0.3) is 5.91 Å². The summed E-state index contributed by atoms with van der Waals surface area (Å²) in [5.74, 6) is 0.406. The first-order valence-corrected chi connectivity index (χ1v) is 9.49. The first-order valence-electron chi connectivity index (χ1n) is 9.49. The Hall–Kier alpha value is -3.67. The van der Waals surface area contributed by atoms with E-state index in [-0.39, 0.29) is 11.8 Å². The number of benzene rings is 2. The van der Waals surface area contributed by atoms with Crippen LogP contribution in [0, 0.1) is 0 Å². The average Bonchev–Trinajstić information content (AvgIpc) is 2.74.